The minimum Gasteiger partial charge on any atom is -0.493 e. The maximum Gasteiger partial charge on any atom is 0.195 e. The van der Waals surface area contributed by atoms with Gasteiger partial charge < -0.3 is 25.2 Å². The molecular weight excluding hydrogens is 349 g/mol. The molecule has 0 fully saturated rings. The summed E-state index contributed by atoms with van der Waals surface area (Å²) in [7, 11) is 1.58. The molecular formula is C20H26FN3O3. The number of nitrogens with zero attached hydrogens (tertiary/aromatic N) is 1. The van der Waals surface area contributed by atoms with E-state index in [1.54, 1.807) is 31.4 Å². The Hall–Kier alpha value is -2.80. The predicted molar refractivity (Wildman–Crippen MR) is 105 cm³/mol. The third kappa shape index (κ3) is 5.86. The lowest BCUT2D eigenvalue weighted by Gasteiger charge is -2.15. The van der Waals surface area contributed by atoms with Crippen molar-refractivity contribution in [2.24, 2.45) is 4.99 Å². The number of anilines is 1. The first-order valence-corrected chi connectivity index (χ1v) is 8.87. The first kappa shape index (κ1) is 20.5. The van der Waals surface area contributed by atoms with Gasteiger partial charge in [-0.1, -0.05) is 18.2 Å². The number of rotatable bonds is 8. The first-order valence-electron chi connectivity index (χ1n) is 8.87. The van der Waals surface area contributed by atoms with Crippen molar-refractivity contribution in [3.63, 3.8) is 0 Å². The van der Waals surface area contributed by atoms with Gasteiger partial charge in [0.05, 0.1) is 20.3 Å². The van der Waals surface area contributed by atoms with E-state index >= 15 is 0 Å². The number of ether oxygens (including phenoxy) is 2. The molecule has 7 heteroatoms. The zero-order valence-corrected chi connectivity index (χ0v) is 15.8. The molecule has 3 N–H and O–H groups in total. The van der Waals surface area contributed by atoms with Crippen LogP contribution in [0.2, 0.25) is 0 Å². The van der Waals surface area contributed by atoms with Crippen molar-refractivity contribution in [3.8, 4) is 11.5 Å². The largest absolute Gasteiger partial charge is 0.493 e. The zero-order chi connectivity index (χ0) is 19.6. The number of methoxy groups -OCH3 is 1. The van der Waals surface area contributed by atoms with Gasteiger partial charge in [-0.15, -0.1) is 0 Å². The maximum absolute atomic E-state index is 13.8. The van der Waals surface area contributed by atoms with Crippen LogP contribution in [0.15, 0.2) is 47.5 Å². The molecule has 0 saturated heterocycles. The zero-order valence-electron chi connectivity index (χ0n) is 15.8. The van der Waals surface area contributed by atoms with Crippen LogP contribution in [-0.4, -0.2) is 37.9 Å². The highest BCUT2D eigenvalue weighted by molar-refractivity contribution is 5.93. The highest BCUT2D eigenvalue weighted by atomic mass is 19.1. The van der Waals surface area contributed by atoms with Crippen LogP contribution in [0.3, 0.4) is 0 Å². The number of hydrogen-bond donors (Lipinski definition) is 3. The van der Waals surface area contributed by atoms with E-state index < -0.39 is 11.9 Å². The molecule has 0 aliphatic carbocycles. The lowest BCUT2D eigenvalue weighted by Crippen LogP contribution is -2.31. The summed E-state index contributed by atoms with van der Waals surface area (Å²) >= 11 is 0. The number of guanidine groups is 1. The predicted octanol–water partition coefficient (Wildman–Crippen LogP) is 3.34. The highest BCUT2D eigenvalue weighted by Crippen LogP contribution is 2.30. The number of aliphatic hydroxyl groups excluding tert-OH is 1. The Balaban J connectivity index is 2.13. The quantitative estimate of drug-likeness (QED) is 0.487. The molecule has 0 aliphatic heterocycles. The topological polar surface area (TPSA) is 75.1 Å². The lowest BCUT2D eigenvalue weighted by molar-refractivity contribution is 0.182. The Morgan fingerprint density at radius 1 is 1.19 bits per heavy atom. The van der Waals surface area contributed by atoms with E-state index in [0.29, 0.717) is 30.6 Å². The van der Waals surface area contributed by atoms with Crippen LogP contribution in [0.5, 0.6) is 11.5 Å². The molecule has 0 saturated carbocycles. The Morgan fingerprint density at radius 3 is 2.63 bits per heavy atom. The molecule has 0 aliphatic rings. The Labute approximate surface area is 159 Å². The smallest absolute Gasteiger partial charge is 0.195 e. The maximum atomic E-state index is 13.8. The molecule has 1 atom stereocenters. The third-order valence-corrected chi connectivity index (χ3v) is 3.76. The van der Waals surface area contributed by atoms with Gasteiger partial charge in [-0.05, 0) is 32.0 Å². The highest BCUT2D eigenvalue weighted by Gasteiger charge is 2.12. The minimum absolute atomic E-state index is 0.0186. The van der Waals surface area contributed by atoms with E-state index in [9.17, 15) is 9.50 Å². The van der Waals surface area contributed by atoms with Gasteiger partial charge in [0.2, 0.25) is 0 Å². The molecule has 0 radical (unpaired) electrons. The number of nitrogens with one attached hydrogen (secondary N) is 2. The standard InChI is InChI=1S/C20H26FN3O3/c1-4-22-20(23-13-17(25)15-8-6-7-9-16(15)21)24-14-10-11-18(26-3)19(12-14)27-5-2/h6-12,17,25H,4-5,13H2,1-3H3,(H2,22,23,24). The van der Waals surface area contributed by atoms with Crippen molar-refractivity contribution in [1.29, 1.82) is 0 Å². The summed E-state index contributed by atoms with van der Waals surface area (Å²) in [5.74, 6) is 1.28. The van der Waals surface area contributed by atoms with Crippen molar-refractivity contribution < 1.29 is 19.0 Å². The molecule has 146 valence electrons. The van der Waals surface area contributed by atoms with Crippen LogP contribution in [0.1, 0.15) is 25.5 Å². The van der Waals surface area contributed by atoms with Crippen LogP contribution < -0.4 is 20.1 Å². The first-order chi connectivity index (χ1) is 13.1. The van der Waals surface area contributed by atoms with Crippen molar-refractivity contribution in [2.75, 3.05) is 32.1 Å². The van der Waals surface area contributed by atoms with Gasteiger partial charge in [-0.3, -0.25) is 0 Å². The fourth-order valence-electron chi connectivity index (χ4n) is 2.49. The Kier molecular flexibility index (Phi) is 7.88. The van der Waals surface area contributed by atoms with Gasteiger partial charge in [0.25, 0.3) is 0 Å². The van der Waals surface area contributed by atoms with Crippen LogP contribution in [0.4, 0.5) is 10.1 Å². The molecule has 6 nitrogen and oxygen atoms in total. The van der Waals surface area contributed by atoms with E-state index in [4.69, 9.17) is 9.47 Å². The fraction of sp³-hybridized carbons (Fsp3) is 0.350. The number of aliphatic hydroxyl groups is 1. The van der Waals surface area contributed by atoms with E-state index in [1.165, 1.54) is 6.07 Å². The summed E-state index contributed by atoms with van der Waals surface area (Å²) in [6.07, 6.45) is -1.03. The molecule has 27 heavy (non-hydrogen) atoms. The number of hydrogen-bond acceptors (Lipinski definition) is 4. The van der Waals surface area contributed by atoms with Gasteiger partial charge in [0.1, 0.15) is 11.9 Å². The summed E-state index contributed by atoms with van der Waals surface area (Å²) in [4.78, 5) is 4.35. The van der Waals surface area contributed by atoms with Gasteiger partial charge in [0, 0.05) is 23.9 Å². The average molecular weight is 375 g/mol. The number of aliphatic imine (C=N–C) groups is 1. The lowest BCUT2D eigenvalue weighted by atomic mass is 10.1. The van der Waals surface area contributed by atoms with Gasteiger partial charge >= 0.3 is 0 Å². The third-order valence-electron chi connectivity index (χ3n) is 3.76. The normalized spacial score (nSPS) is 12.4. The molecule has 2 aromatic carbocycles. The molecule has 0 aromatic heterocycles. The fourth-order valence-corrected chi connectivity index (χ4v) is 2.49. The van der Waals surface area contributed by atoms with E-state index in [1.807, 2.05) is 26.0 Å². The summed E-state index contributed by atoms with van der Waals surface area (Å²) in [5, 5.41) is 16.5. The molecule has 1 unspecified atom stereocenters. The van der Waals surface area contributed by atoms with Gasteiger partial charge in [0.15, 0.2) is 17.5 Å². The average Bonchev–Trinajstić information content (AvgIpc) is 2.67. The summed E-state index contributed by atoms with van der Waals surface area (Å²) in [6, 6.07) is 11.6. The van der Waals surface area contributed by atoms with Crippen molar-refractivity contribution >= 4 is 11.6 Å². The summed E-state index contributed by atoms with van der Waals surface area (Å²) in [5.41, 5.74) is 0.972. The molecule has 0 heterocycles. The molecule has 0 bridgehead atoms. The molecule has 2 rings (SSSR count). The van der Waals surface area contributed by atoms with E-state index in [2.05, 4.69) is 15.6 Å². The number of halogens is 1. The minimum atomic E-state index is -1.03. The van der Waals surface area contributed by atoms with Gasteiger partial charge in [-0.25, -0.2) is 9.38 Å². The van der Waals surface area contributed by atoms with Crippen LogP contribution in [-0.2, 0) is 0 Å². The van der Waals surface area contributed by atoms with E-state index in [-0.39, 0.29) is 12.1 Å². The van der Waals surface area contributed by atoms with Crippen molar-refractivity contribution in [2.45, 2.75) is 20.0 Å². The van der Waals surface area contributed by atoms with Crippen molar-refractivity contribution in [3.05, 3.63) is 53.8 Å². The van der Waals surface area contributed by atoms with Crippen molar-refractivity contribution in [1.82, 2.24) is 5.32 Å². The molecule has 0 amide bonds. The van der Waals surface area contributed by atoms with Crippen LogP contribution in [0, 0.1) is 5.82 Å². The molecule has 0 spiro atoms. The second kappa shape index (κ2) is 10.4. The summed E-state index contributed by atoms with van der Waals surface area (Å²) < 4.78 is 24.6. The van der Waals surface area contributed by atoms with Crippen LogP contribution in [0.25, 0.3) is 0 Å². The number of benzene rings is 2. The van der Waals surface area contributed by atoms with Gasteiger partial charge in [-0.2, -0.15) is 0 Å². The second-order valence-corrected chi connectivity index (χ2v) is 5.68. The molecule has 2 aromatic rings. The van der Waals surface area contributed by atoms with E-state index in [0.717, 1.165) is 5.69 Å². The van der Waals surface area contributed by atoms with Crippen LogP contribution >= 0.6 is 0 Å². The SMILES string of the molecule is CCNC(=NCC(O)c1ccccc1F)Nc1ccc(OC)c(OCC)c1. The second-order valence-electron chi connectivity index (χ2n) is 5.68. The monoisotopic (exact) mass is 375 g/mol. The summed E-state index contributed by atoms with van der Waals surface area (Å²) in [6.45, 7) is 5.00. The Morgan fingerprint density at radius 2 is 1.96 bits per heavy atom. The Bertz CT molecular complexity index is 768.